The Labute approximate surface area is 92.6 Å². The van der Waals surface area contributed by atoms with Gasteiger partial charge in [0.2, 0.25) is 0 Å². The summed E-state index contributed by atoms with van der Waals surface area (Å²) in [6, 6.07) is 0. The lowest BCUT2D eigenvalue weighted by atomic mass is 10.4. The SMILES string of the molecule is Cc1nc2scc(I)c2c(=O)n1C. The van der Waals surface area contributed by atoms with E-state index in [1.807, 2.05) is 12.3 Å². The standard InChI is InChI=1S/C8H7IN2OS/c1-4-10-7-6(5(9)3-13-7)8(12)11(4)2/h3H,1-2H3. The van der Waals surface area contributed by atoms with Crippen LogP contribution in [0.25, 0.3) is 10.2 Å². The number of halogens is 1. The van der Waals surface area contributed by atoms with Gasteiger partial charge in [-0.3, -0.25) is 9.36 Å². The van der Waals surface area contributed by atoms with Gasteiger partial charge in [-0.15, -0.1) is 11.3 Å². The predicted octanol–water partition coefficient (Wildman–Crippen LogP) is 1.91. The van der Waals surface area contributed by atoms with Crippen molar-refractivity contribution in [2.45, 2.75) is 6.92 Å². The minimum absolute atomic E-state index is 0.0492. The average molecular weight is 306 g/mol. The number of aromatic nitrogens is 2. The van der Waals surface area contributed by atoms with E-state index in [0.717, 1.165) is 19.6 Å². The van der Waals surface area contributed by atoms with Crippen molar-refractivity contribution < 1.29 is 0 Å². The van der Waals surface area contributed by atoms with Gasteiger partial charge in [0.15, 0.2) is 0 Å². The van der Waals surface area contributed by atoms with E-state index in [9.17, 15) is 4.79 Å². The third-order valence-corrected chi connectivity index (χ3v) is 4.14. The Morgan fingerprint density at radius 1 is 1.62 bits per heavy atom. The first-order chi connectivity index (χ1) is 6.11. The summed E-state index contributed by atoms with van der Waals surface area (Å²) >= 11 is 3.68. The van der Waals surface area contributed by atoms with Crippen LogP contribution in [-0.4, -0.2) is 9.55 Å². The second kappa shape index (κ2) is 3.06. The first kappa shape index (κ1) is 9.14. The first-order valence-corrected chi connectivity index (χ1v) is 5.67. The maximum Gasteiger partial charge on any atom is 0.263 e. The van der Waals surface area contributed by atoms with E-state index in [1.165, 1.54) is 11.3 Å². The molecule has 0 radical (unpaired) electrons. The molecule has 0 fully saturated rings. The zero-order valence-electron chi connectivity index (χ0n) is 7.17. The van der Waals surface area contributed by atoms with E-state index < -0.39 is 0 Å². The van der Waals surface area contributed by atoms with Gasteiger partial charge in [0.05, 0.1) is 5.39 Å². The zero-order chi connectivity index (χ0) is 9.59. The van der Waals surface area contributed by atoms with E-state index in [0.29, 0.717) is 0 Å². The molecule has 2 aromatic heterocycles. The Morgan fingerprint density at radius 2 is 2.31 bits per heavy atom. The highest BCUT2D eigenvalue weighted by molar-refractivity contribution is 14.1. The van der Waals surface area contributed by atoms with Gasteiger partial charge in [-0.05, 0) is 29.5 Å². The van der Waals surface area contributed by atoms with Crippen LogP contribution < -0.4 is 5.56 Å². The van der Waals surface area contributed by atoms with Gasteiger partial charge in [0.25, 0.3) is 5.56 Å². The maximum atomic E-state index is 11.8. The Hall–Kier alpha value is -0.430. The summed E-state index contributed by atoms with van der Waals surface area (Å²) in [6.45, 7) is 1.84. The topological polar surface area (TPSA) is 34.9 Å². The summed E-state index contributed by atoms with van der Waals surface area (Å²) < 4.78 is 2.57. The number of fused-ring (bicyclic) bond motifs is 1. The van der Waals surface area contributed by atoms with Gasteiger partial charge in [0, 0.05) is 16.0 Å². The van der Waals surface area contributed by atoms with Crippen molar-refractivity contribution in [2.24, 2.45) is 7.05 Å². The lowest BCUT2D eigenvalue weighted by molar-refractivity contribution is 0.794. The van der Waals surface area contributed by atoms with E-state index in [1.54, 1.807) is 11.6 Å². The summed E-state index contributed by atoms with van der Waals surface area (Å²) in [4.78, 5) is 16.9. The molecular formula is C8H7IN2OS. The number of thiophene rings is 1. The average Bonchev–Trinajstić information content (AvgIpc) is 2.43. The van der Waals surface area contributed by atoms with Crippen LogP contribution in [0.2, 0.25) is 0 Å². The molecule has 13 heavy (non-hydrogen) atoms. The minimum atomic E-state index is 0.0492. The third-order valence-electron chi connectivity index (χ3n) is 1.99. The van der Waals surface area contributed by atoms with Crippen LogP contribution >= 0.6 is 33.9 Å². The molecule has 0 aliphatic heterocycles. The van der Waals surface area contributed by atoms with Crippen LogP contribution in [0.4, 0.5) is 0 Å². The van der Waals surface area contributed by atoms with Crippen molar-refractivity contribution in [3.8, 4) is 0 Å². The normalized spacial score (nSPS) is 11.0. The molecule has 0 aliphatic carbocycles. The highest BCUT2D eigenvalue weighted by atomic mass is 127. The fourth-order valence-electron chi connectivity index (χ4n) is 1.14. The van der Waals surface area contributed by atoms with Crippen LogP contribution in [0.5, 0.6) is 0 Å². The molecule has 68 valence electrons. The number of hydrogen-bond donors (Lipinski definition) is 0. The molecular weight excluding hydrogens is 299 g/mol. The number of rotatable bonds is 0. The Bertz CT molecular complexity index is 529. The molecule has 0 saturated heterocycles. The van der Waals surface area contributed by atoms with Crippen molar-refractivity contribution in [2.75, 3.05) is 0 Å². The molecule has 0 amide bonds. The Morgan fingerprint density at radius 3 is 3.00 bits per heavy atom. The van der Waals surface area contributed by atoms with Crippen LogP contribution in [0.3, 0.4) is 0 Å². The quantitative estimate of drug-likeness (QED) is 0.697. The summed E-state index contributed by atoms with van der Waals surface area (Å²) in [6.07, 6.45) is 0. The third kappa shape index (κ3) is 1.30. The Balaban J connectivity index is 3.06. The van der Waals surface area contributed by atoms with Gasteiger partial charge >= 0.3 is 0 Å². The van der Waals surface area contributed by atoms with Gasteiger partial charge in [0.1, 0.15) is 10.7 Å². The summed E-state index contributed by atoms with van der Waals surface area (Å²) in [7, 11) is 1.75. The summed E-state index contributed by atoms with van der Waals surface area (Å²) in [5.74, 6) is 0.760. The molecule has 0 aliphatic rings. The highest BCUT2D eigenvalue weighted by Crippen LogP contribution is 2.22. The van der Waals surface area contributed by atoms with Crippen LogP contribution in [0.1, 0.15) is 5.82 Å². The Kier molecular flexibility index (Phi) is 2.15. The fourth-order valence-corrected chi connectivity index (χ4v) is 3.02. The van der Waals surface area contributed by atoms with Crippen molar-refractivity contribution >= 4 is 44.1 Å². The molecule has 3 nitrogen and oxygen atoms in total. The van der Waals surface area contributed by atoms with Gasteiger partial charge in [-0.2, -0.15) is 0 Å². The molecule has 0 saturated carbocycles. The molecule has 0 N–H and O–H groups in total. The number of nitrogens with zero attached hydrogens (tertiary/aromatic N) is 2. The van der Waals surface area contributed by atoms with Crippen LogP contribution in [-0.2, 0) is 7.05 Å². The van der Waals surface area contributed by atoms with Crippen molar-refractivity contribution in [1.82, 2.24) is 9.55 Å². The zero-order valence-corrected chi connectivity index (χ0v) is 10.1. The molecule has 0 atom stereocenters. The van der Waals surface area contributed by atoms with Gasteiger partial charge in [-0.25, -0.2) is 4.98 Å². The molecule has 0 aromatic carbocycles. The lowest BCUT2D eigenvalue weighted by Gasteiger charge is -2.01. The van der Waals surface area contributed by atoms with E-state index in [2.05, 4.69) is 27.6 Å². The molecule has 0 spiro atoms. The largest absolute Gasteiger partial charge is 0.299 e. The summed E-state index contributed by atoms with van der Waals surface area (Å²) in [5.41, 5.74) is 0.0492. The van der Waals surface area contributed by atoms with Gasteiger partial charge < -0.3 is 0 Å². The van der Waals surface area contributed by atoms with E-state index in [4.69, 9.17) is 0 Å². The smallest absolute Gasteiger partial charge is 0.263 e. The number of hydrogen-bond acceptors (Lipinski definition) is 3. The fraction of sp³-hybridized carbons (Fsp3) is 0.250. The molecule has 2 rings (SSSR count). The van der Waals surface area contributed by atoms with Crippen LogP contribution in [0, 0.1) is 10.5 Å². The summed E-state index contributed by atoms with van der Waals surface area (Å²) in [5, 5.41) is 2.71. The van der Waals surface area contributed by atoms with E-state index >= 15 is 0 Å². The molecule has 0 unspecified atom stereocenters. The molecule has 2 heterocycles. The molecule has 0 bridgehead atoms. The number of aryl methyl sites for hydroxylation is 1. The van der Waals surface area contributed by atoms with Crippen molar-refractivity contribution in [1.29, 1.82) is 0 Å². The minimum Gasteiger partial charge on any atom is -0.299 e. The van der Waals surface area contributed by atoms with E-state index in [-0.39, 0.29) is 5.56 Å². The maximum absolute atomic E-state index is 11.8. The highest BCUT2D eigenvalue weighted by Gasteiger charge is 2.09. The van der Waals surface area contributed by atoms with Crippen molar-refractivity contribution in [3.63, 3.8) is 0 Å². The monoisotopic (exact) mass is 306 g/mol. The molecule has 2 aromatic rings. The van der Waals surface area contributed by atoms with Crippen LogP contribution in [0.15, 0.2) is 10.2 Å². The second-order valence-corrected chi connectivity index (χ2v) is 4.81. The molecule has 5 heteroatoms. The second-order valence-electron chi connectivity index (χ2n) is 2.79. The predicted molar refractivity (Wildman–Crippen MR) is 62.3 cm³/mol. The van der Waals surface area contributed by atoms with Crippen molar-refractivity contribution in [3.05, 3.63) is 25.1 Å². The first-order valence-electron chi connectivity index (χ1n) is 3.71. The van der Waals surface area contributed by atoms with Gasteiger partial charge in [-0.1, -0.05) is 0 Å². The lowest BCUT2D eigenvalue weighted by Crippen LogP contribution is -2.20.